The minimum absolute atomic E-state index is 0.376. The number of hydrogen-bond donors (Lipinski definition) is 1. The average molecular weight is 218 g/mol. The number of benzene rings is 1. The summed E-state index contributed by atoms with van der Waals surface area (Å²) in [5, 5.41) is 3.25. The van der Waals surface area contributed by atoms with E-state index in [0.717, 1.165) is 0 Å². The highest BCUT2D eigenvalue weighted by Crippen LogP contribution is 2.14. The van der Waals surface area contributed by atoms with Gasteiger partial charge in [-0.05, 0) is 25.1 Å². The summed E-state index contributed by atoms with van der Waals surface area (Å²) >= 11 is 10.6. The first kappa shape index (κ1) is 10.4. The summed E-state index contributed by atoms with van der Waals surface area (Å²) in [6, 6.07) is 4.44. The summed E-state index contributed by atoms with van der Waals surface area (Å²) in [5.74, 6) is -0.390. The molecule has 0 atom stereocenters. The van der Waals surface area contributed by atoms with Gasteiger partial charge in [-0.25, -0.2) is 4.39 Å². The fraction of sp³-hybridized carbons (Fsp3) is 0.222. The summed E-state index contributed by atoms with van der Waals surface area (Å²) < 4.78 is 13.2. The van der Waals surface area contributed by atoms with Crippen molar-refractivity contribution in [2.45, 2.75) is 6.92 Å². The molecule has 1 N–H and O–H groups in total. The lowest BCUT2D eigenvalue weighted by molar-refractivity contribution is 0.624. The summed E-state index contributed by atoms with van der Waals surface area (Å²) in [4.78, 5) is 0.414. The summed E-state index contributed by atoms with van der Waals surface area (Å²) in [5.41, 5.74) is 0.390. The van der Waals surface area contributed by atoms with Gasteiger partial charge in [0.2, 0.25) is 0 Å². The number of rotatable bonds is 2. The molecule has 0 unspecified atom stereocenters. The van der Waals surface area contributed by atoms with E-state index in [0.29, 0.717) is 22.1 Å². The highest BCUT2D eigenvalue weighted by Gasteiger charge is 2.06. The molecule has 1 rings (SSSR count). The average Bonchev–Trinajstić information content (AvgIpc) is 2.04. The highest BCUT2D eigenvalue weighted by molar-refractivity contribution is 7.80. The maximum Gasteiger partial charge on any atom is 0.134 e. The number of halogens is 2. The van der Waals surface area contributed by atoms with Crippen LogP contribution < -0.4 is 5.32 Å². The van der Waals surface area contributed by atoms with Crippen molar-refractivity contribution in [3.05, 3.63) is 34.6 Å². The third-order valence-electron chi connectivity index (χ3n) is 1.51. The van der Waals surface area contributed by atoms with E-state index >= 15 is 0 Å². The van der Waals surface area contributed by atoms with Crippen LogP contribution in [0.4, 0.5) is 4.39 Å². The molecule has 0 saturated carbocycles. The quantitative estimate of drug-likeness (QED) is 0.765. The fourth-order valence-corrected chi connectivity index (χ4v) is 1.40. The Morgan fingerprint density at radius 1 is 1.62 bits per heavy atom. The minimum Gasteiger partial charge on any atom is -0.376 e. The Morgan fingerprint density at radius 2 is 2.31 bits per heavy atom. The van der Waals surface area contributed by atoms with Gasteiger partial charge in [0.15, 0.2) is 0 Å². The lowest BCUT2D eigenvalue weighted by Crippen LogP contribution is -2.22. The van der Waals surface area contributed by atoms with Crippen LogP contribution >= 0.6 is 23.8 Å². The first-order valence-corrected chi connectivity index (χ1v) is 4.67. The van der Waals surface area contributed by atoms with Gasteiger partial charge in [0.25, 0.3) is 0 Å². The summed E-state index contributed by atoms with van der Waals surface area (Å²) in [7, 11) is 0. The van der Waals surface area contributed by atoms with Crippen LogP contribution in [0.25, 0.3) is 0 Å². The zero-order chi connectivity index (χ0) is 9.84. The Bertz CT molecular complexity index is 327. The molecule has 0 bridgehead atoms. The van der Waals surface area contributed by atoms with Crippen LogP contribution in [0.3, 0.4) is 0 Å². The first-order chi connectivity index (χ1) is 6.15. The van der Waals surface area contributed by atoms with E-state index < -0.39 is 5.82 Å². The minimum atomic E-state index is -0.390. The molecule has 0 spiro atoms. The largest absolute Gasteiger partial charge is 0.376 e. The third-order valence-corrected chi connectivity index (χ3v) is 2.11. The van der Waals surface area contributed by atoms with E-state index in [1.54, 1.807) is 12.1 Å². The van der Waals surface area contributed by atoms with E-state index in [1.807, 2.05) is 6.92 Å². The van der Waals surface area contributed by atoms with Gasteiger partial charge >= 0.3 is 0 Å². The molecule has 0 aliphatic carbocycles. The molecule has 0 saturated heterocycles. The van der Waals surface area contributed by atoms with Crippen LogP contribution in [-0.2, 0) is 0 Å². The standard InChI is InChI=1S/C9H9ClFNS/c1-2-12-9(13)7-4-3-6(10)5-8(7)11/h3-5H,2H2,1H3,(H,12,13). The zero-order valence-electron chi connectivity index (χ0n) is 7.10. The summed E-state index contributed by atoms with van der Waals surface area (Å²) in [6.45, 7) is 2.58. The van der Waals surface area contributed by atoms with Gasteiger partial charge < -0.3 is 5.32 Å². The third kappa shape index (κ3) is 2.64. The molecule has 1 aromatic carbocycles. The van der Waals surface area contributed by atoms with Crippen LogP contribution in [0.1, 0.15) is 12.5 Å². The number of nitrogens with one attached hydrogen (secondary N) is 1. The molecule has 70 valence electrons. The van der Waals surface area contributed by atoms with Gasteiger partial charge in [-0.15, -0.1) is 0 Å². The van der Waals surface area contributed by atoms with Crippen molar-refractivity contribution in [3.8, 4) is 0 Å². The Morgan fingerprint density at radius 3 is 2.85 bits per heavy atom. The second-order valence-electron chi connectivity index (χ2n) is 2.48. The van der Waals surface area contributed by atoms with E-state index in [2.05, 4.69) is 5.32 Å². The van der Waals surface area contributed by atoms with Gasteiger partial charge in [-0.2, -0.15) is 0 Å². The Labute approximate surface area is 86.9 Å². The molecule has 0 aromatic heterocycles. The van der Waals surface area contributed by atoms with Gasteiger partial charge in [-0.1, -0.05) is 23.8 Å². The van der Waals surface area contributed by atoms with Crippen molar-refractivity contribution in [1.82, 2.24) is 5.32 Å². The molecule has 0 amide bonds. The van der Waals surface area contributed by atoms with Crippen molar-refractivity contribution >= 4 is 28.8 Å². The lowest BCUT2D eigenvalue weighted by atomic mass is 10.2. The molecule has 1 nitrogen and oxygen atoms in total. The molecular weight excluding hydrogens is 209 g/mol. The highest BCUT2D eigenvalue weighted by atomic mass is 35.5. The predicted octanol–water partition coefficient (Wildman–Crippen LogP) is 2.76. The van der Waals surface area contributed by atoms with Crippen LogP contribution in [0, 0.1) is 5.82 Å². The van der Waals surface area contributed by atoms with Crippen LogP contribution in [0.5, 0.6) is 0 Å². The van der Waals surface area contributed by atoms with E-state index in [1.165, 1.54) is 6.07 Å². The lowest BCUT2D eigenvalue weighted by Gasteiger charge is -2.06. The van der Waals surface area contributed by atoms with Gasteiger partial charge in [0.1, 0.15) is 10.8 Å². The van der Waals surface area contributed by atoms with Crippen molar-refractivity contribution in [3.63, 3.8) is 0 Å². The monoisotopic (exact) mass is 217 g/mol. The predicted molar refractivity (Wildman–Crippen MR) is 56.8 cm³/mol. The maximum atomic E-state index is 13.2. The molecule has 13 heavy (non-hydrogen) atoms. The van der Waals surface area contributed by atoms with Crippen molar-refractivity contribution in [2.75, 3.05) is 6.54 Å². The second kappa shape index (κ2) is 4.53. The molecule has 4 heteroatoms. The number of hydrogen-bond acceptors (Lipinski definition) is 1. The molecule has 0 radical (unpaired) electrons. The van der Waals surface area contributed by atoms with Crippen molar-refractivity contribution < 1.29 is 4.39 Å². The molecule has 0 heterocycles. The van der Waals surface area contributed by atoms with Crippen LogP contribution in [-0.4, -0.2) is 11.5 Å². The topological polar surface area (TPSA) is 12.0 Å². The van der Waals surface area contributed by atoms with Crippen LogP contribution in [0.15, 0.2) is 18.2 Å². The number of thiocarbonyl (C=S) groups is 1. The fourth-order valence-electron chi connectivity index (χ4n) is 0.929. The molecule has 0 aliphatic rings. The maximum absolute atomic E-state index is 13.2. The SMILES string of the molecule is CCNC(=S)c1ccc(Cl)cc1F. The van der Waals surface area contributed by atoms with E-state index in [4.69, 9.17) is 23.8 Å². The molecule has 0 aliphatic heterocycles. The van der Waals surface area contributed by atoms with Gasteiger partial charge in [0, 0.05) is 17.1 Å². The molecule has 1 aromatic rings. The Hall–Kier alpha value is -0.670. The molecular formula is C9H9ClFNS. The Kier molecular flexibility index (Phi) is 3.63. The van der Waals surface area contributed by atoms with E-state index in [-0.39, 0.29) is 0 Å². The summed E-state index contributed by atoms with van der Waals surface area (Å²) in [6.07, 6.45) is 0. The van der Waals surface area contributed by atoms with Gasteiger partial charge in [0.05, 0.1) is 0 Å². The second-order valence-corrected chi connectivity index (χ2v) is 3.33. The van der Waals surface area contributed by atoms with E-state index in [9.17, 15) is 4.39 Å². The van der Waals surface area contributed by atoms with Crippen molar-refractivity contribution in [1.29, 1.82) is 0 Å². The smallest absolute Gasteiger partial charge is 0.134 e. The molecule has 0 fully saturated rings. The normalized spacial score (nSPS) is 9.77. The van der Waals surface area contributed by atoms with Crippen LogP contribution in [0.2, 0.25) is 5.02 Å². The zero-order valence-corrected chi connectivity index (χ0v) is 8.68. The first-order valence-electron chi connectivity index (χ1n) is 3.88. The van der Waals surface area contributed by atoms with Gasteiger partial charge in [-0.3, -0.25) is 0 Å². The Balaban J connectivity index is 2.95. The van der Waals surface area contributed by atoms with Crippen molar-refractivity contribution in [2.24, 2.45) is 0 Å².